The SMILES string of the molecule is CNC1(CO)CCCC(N2CC(OC)C(OC)C2)C1. The molecule has 4 unspecified atom stereocenters. The van der Waals surface area contributed by atoms with E-state index in [2.05, 4.69) is 10.2 Å². The van der Waals surface area contributed by atoms with Crippen LogP contribution in [0.2, 0.25) is 0 Å². The summed E-state index contributed by atoms with van der Waals surface area (Å²) in [5, 5.41) is 13.0. The topological polar surface area (TPSA) is 54.0 Å². The summed E-state index contributed by atoms with van der Waals surface area (Å²) in [6.07, 6.45) is 4.78. The molecule has 0 aromatic carbocycles. The lowest BCUT2D eigenvalue weighted by molar-refractivity contribution is -0.00461. The fraction of sp³-hybridized carbons (Fsp3) is 1.00. The molecule has 0 aromatic heterocycles. The largest absolute Gasteiger partial charge is 0.394 e. The van der Waals surface area contributed by atoms with E-state index in [0.717, 1.165) is 32.4 Å². The van der Waals surface area contributed by atoms with Gasteiger partial charge in [-0.1, -0.05) is 0 Å². The van der Waals surface area contributed by atoms with E-state index in [4.69, 9.17) is 9.47 Å². The molecule has 0 spiro atoms. The molecule has 2 aliphatic rings. The lowest BCUT2D eigenvalue weighted by Crippen LogP contribution is -2.54. The molecule has 0 aromatic rings. The van der Waals surface area contributed by atoms with E-state index in [1.807, 2.05) is 7.05 Å². The Labute approximate surface area is 116 Å². The molecule has 1 saturated carbocycles. The van der Waals surface area contributed by atoms with Crippen LogP contribution in [0, 0.1) is 0 Å². The first-order chi connectivity index (χ1) is 9.18. The molecule has 1 heterocycles. The zero-order valence-corrected chi connectivity index (χ0v) is 12.4. The van der Waals surface area contributed by atoms with Gasteiger partial charge in [0.1, 0.15) is 0 Å². The van der Waals surface area contributed by atoms with Gasteiger partial charge in [0.2, 0.25) is 0 Å². The van der Waals surface area contributed by atoms with Gasteiger partial charge < -0.3 is 19.9 Å². The second-order valence-electron chi connectivity index (χ2n) is 5.94. The summed E-state index contributed by atoms with van der Waals surface area (Å²) < 4.78 is 11.0. The van der Waals surface area contributed by atoms with Crippen LogP contribution >= 0.6 is 0 Å². The van der Waals surface area contributed by atoms with Crippen molar-refractivity contribution in [3.8, 4) is 0 Å². The van der Waals surface area contributed by atoms with E-state index in [1.165, 1.54) is 6.42 Å². The Hall–Kier alpha value is -0.200. The van der Waals surface area contributed by atoms with Crippen LogP contribution < -0.4 is 5.32 Å². The van der Waals surface area contributed by atoms with Gasteiger partial charge in [0.05, 0.1) is 18.8 Å². The third kappa shape index (κ3) is 3.11. The highest BCUT2D eigenvalue weighted by atomic mass is 16.5. The maximum absolute atomic E-state index is 9.67. The highest BCUT2D eigenvalue weighted by molar-refractivity contribution is 4.98. The monoisotopic (exact) mass is 272 g/mol. The molecule has 5 nitrogen and oxygen atoms in total. The Kier molecular flexibility index (Phi) is 5.20. The van der Waals surface area contributed by atoms with Gasteiger partial charge in [-0.15, -0.1) is 0 Å². The molecule has 1 saturated heterocycles. The van der Waals surface area contributed by atoms with Crippen LogP contribution in [-0.2, 0) is 9.47 Å². The maximum Gasteiger partial charge on any atom is 0.0971 e. The molecule has 2 N–H and O–H groups in total. The van der Waals surface area contributed by atoms with Gasteiger partial charge in [0.25, 0.3) is 0 Å². The Balaban J connectivity index is 1.98. The lowest BCUT2D eigenvalue weighted by atomic mass is 9.79. The Bertz CT molecular complexity index is 272. The molecule has 0 bridgehead atoms. The number of nitrogens with one attached hydrogen (secondary N) is 1. The van der Waals surface area contributed by atoms with E-state index in [1.54, 1.807) is 14.2 Å². The Morgan fingerprint density at radius 3 is 2.37 bits per heavy atom. The van der Waals surface area contributed by atoms with Crippen molar-refractivity contribution in [2.75, 3.05) is 41.0 Å². The van der Waals surface area contributed by atoms with Crippen molar-refractivity contribution in [3.63, 3.8) is 0 Å². The van der Waals surface area contributed by atoms with Crippen molar-refractivity contribution in [2.24, 2.45) is 0 Å². The van der Waals surface area contributed by atoms with Gasteiger partial charge >= 0.3 is 0 Å². The van der Waals surface area contributed by atoms with Crippen LogP contribution in [0.3, 0.4) is 0 Å². The van der Waals surface area contributed by atoms with Crippen molar-refractivity contribution in [1.29, 1.82) is 0 Å². The average Bonchev–Trinajstić information content (AvgIpc) is 2.90. The van der Waals surface area contributed by atoms with E-state index in [-0.39, 0.29) is 24.4 Å². The molecule has 0 amide bonds. The summed E-state index contributed by atoms with van der Waals surface area (Å²) >= 11 is 0. The van der Waals surface area contributed by atoms with Gasteiger partial charge in [0.15, 0.2) is 0 Å². The van der Waals surface area contributed by atoms with Gasteiger partial charge in [-0.05, 0) is 32.7 Å². The number of aliphatic hydroxyl groups is 1. The van der Waals surface area contributed by atoms with Crippen LogP contribution in [0.4, 0.5) is 0 Å². The minimum Gasteiger partial charge on any atom is -0.394 e. The molecular formula is C14H28N2O3. The Morgan fingerprint density at radius 2 is 1.89 bits per heavy atom. The number of likely N-dealkylation sites (N-methyl/N-ethyl adjacent to an activating group) is 1. The number of methoxy groups -OCH3 is 2. The molecule has 2 rings (SSSR count). The summed E-state index contributed by atoms with van der Waals surface area (Å²) in [7, 11) is 5.47. The van der Waals surface area contributed by atoms with Gasteiger partial charge in [-0.2, -0.15) is 0 Å². The third-order valence-electron chi connectivity index (χ3n) is 5.02. The average molecular weight is 272 g/mol. The zero-order chi connectivity index (χ0) is 13.9. The molecule has 1 aliphatic carbocycles. The number of likely N-dealkylation sites (tertiary alicyclic amines) is 1. The number of aliphatic hydroxyl groups excluding tert-OH is 1. The normalized spacial score (nSPS) is 40.7. The van der Waals surface area contributed by atoms with Crippen LogP contribution in [0.15, 0.2) is 0 Å². The van der Waals surface area contributed by atoms with Crippen molar-refractivity contribution in [1.82, 2.24) is 10.2 Å². The molecule has 1 aliphatic heterocycles. The fourth-order valence-electron chi connectivity index (χ4n) is 3.62. The second kappa shape index (κ2) is 6.50. The quantitative estimate of drug-likeness (QED) is 0.750. The number of nitrogens with zero attached hydrogens (tertiary/aromatic N) is 1. The molecular weight excluding hydrogens is 244 g/mol. The summed E-state index contributed by atoms with van der Waals surface area (Å²) in [6, 6.07) is 0.520. The van der Waals surface area contributed by atoms with Gasteiger partial charge in [0, 0.05) is 38.9 Å². The molecule has 112 valence electrons. The number of rotatable bonds is 5. The molecule has 0 radical (unpaired) electrons. The molecule has 19 heavy (non-hydrogen) atoms. The fourth-order valence-corrected chi connectivity index (χ4v) is 3.62. The number of hydrogen-bond acceptors (Lipinski definition) is 5. The molecule has 5 heteroatoms. The minimum atomic E-state index is -0.101. The van der Waals surface area contributed by atoms with E-state index < -0.39 is 0 Å². The first kappa shape index (κ1) is 15.2. The first-order valence-electron chi connectivity index (χ1n) is 7.27. The minimum absolute atomic E-state index is 0.101. The summed E-state index contributed by atoms with van der Waals surface area (Å²) in [5.74, 6) is 0. The number of ether oxygens (including phenoxy) is 2. The van der Waals surface area contributed by atoms with Crippen LogP contribution in [0.25, 0.3) is 0 Å². The van der Waals surface area contributed by atoms with Crippen molar-refractivity contribution >= 4 is 0 Å². The zero-order valence-electron chi connectivity index (χ0n) is 12.4. The van der Waals surface area contributed by atoms with Crippen LogP contribution in [0.5, 0.6) is 0 Å². The second-order valence-corrected chi connectivity index (χ2v) is 5.94. The van der Waals surface area contributed by atoms with E-state index >= 15 is 0 Å². The summed E-state index contributed by atoms with van der Waals surface area (Å²) in [4.78, 5) is 2.48. The molecule has 4 atom stereocenters. The predicted octanol–water partition coefficient (Wildman–Crippen LogP) is 0.225. The van der Waals surface area contributed by atoms with Crippen molar-refractivity contribution < 1.29 is 14.6 Å². The van der Waals surface area contributed by atoms with Crippen molar-refractivity contribution in [3.05, 3.63) is 0 Å². The first-order valence-corrected chi connectivity index (χ1v) is 7.27. The van der Waals surface area contributed by atoms with Gasteiger partial charge in [-0.3, -0.25) is 4.90 Å². The number of hydrogen-bond donors (Lipinski definition) is 2. The smallest absolute Gasteiger partial charge is 0.0971 e. The van der Waals surface area contributed by atoms with E-state index in [0.29, 0.717) is 6.04 Å². The predicted molar refractivity (Wildman–Crippen MR) is 74.3 cm³/mol. The summed E-state index contributed by atoms with van der Waals surface area (Å²) in [5.41, 5.74) is -0.101. The van der Waals surface area contributed by atoms with E-state index in [9.17, 15) is 5.11 Å². The maximum atomic E-state index is 9.67. The standard InChI is InChI=1S/C14H28N2O3/c1-15-14(10-17)6-4-5-11(7-14)16-8-12(18-2)13(9-16)19-3/h11-13,15,17H,4-10H2,1-3H3. The van der Waals surface area contributed by atoms with Crippen LogP contribution in [-0.4, -0.2) is 74.8 Å². The third-order valence-corrected chi connectivity index (χ3v) is 5.02. The lowest BCUT2D eigenvalue weighted by Gasteiger charge is -2.42. The van der Waals surface area contributed by atoms with Crippen LogP contribution in [0.1, 0.15) is 25.7 Å². The van der Waals surface area contributed by atoms with Gasteiger partial charge in [-0.25, -0.2) is 0 Å². The highest BCUT2D eigenvalue weighted by Crippen LogP contribution is 2.33. The Morgan fingerprint density at radius 1 is 1.26 bits per heavy atom. The molecule has 2 fully saturated rings. The summed E-state index contributed by atoms with van der Waals surface area (Å²) in [6.45, 7) is 2.09. The van der Waals surface area contributed by atoms with Crippen molar-refractivity contribution in [2.45, 2.75) is 49.5 Å². The highest BCUT2D eigenvalue weighted by Gasteiger charge is 2.41.